The Morgan fingerprint density at radius 2 is 1.36 bits per heavy atom. The zero-order valence-electron chi connectivity index (χ0n) is 13.2. The van der Waals surface area contributed by atoms with Crippen molar-refractivity contribution in [2.75, 3.05) is 10.6 Å². The van der Waals surface area contributed by atoms with Crippen molar-refractivity contribution in [1.29, 1.82) is 0 Å². The summed E-state index contributed by atoms with van der Waals surface area (Å²) < 4.78 is 0. The van der Waals surface area contributed by atoms with Crippen LogP contribution < -0.4 is 10.6 Å². The highest BCUT2D eigenvalue weighted by Crippen LogP contribution is 2.32. The molecule has 0 radical (unpaired) electrons. The third-order valence-electron chi connectivity index (χ3n) is 4.77. The zero-order valence-corrected chi connectivity index (χ0v) is 13.2. The molecule has 118 valence electrons. The minimum absolute atomic E-state index is 0.0962. The summed E-state index contributed by atoms with van der Waals surface area (Å²) in [6.45, 7) is 1.94. The monoisotopic (exact) mass is 300 g/mol. The van der Waals surface area contributed by atoms with E-state index in [1.807, 2.05) is 25.1 Å². The first-order chi connectivity index (χ1) is 10.6. The fourth-order valence-corrected chi connectivity index (χ4v) is 3.09. The first kappa shape index (κ1) is 15.1. The molecule has 22 heavy (non-hydrogen) atoms. The van der Waals surface area contributed by atoms with Gasteiger partial charge in [-0.1, -0.05) is 25.3 Å². The van der Waals surface area contributed by atoms with Gasteiger partial charge in [0.15, 0.2) is 0 Å². The van der Waals surface area contributed by atoms with E-state index >= 15 is 0 Å². The number of carbonyl (C=O) groups is 2. The van der Waals surface area contributed by atoms with Crippen LogP contribution in [0.1, 0.15) is 50.5 Å². The number of amides is 2. The van der Waals surface area contributed by atoms with Gasteiger partial charge >= 0.3 is 0 Å². The van der Waals surface area contributed by atoms with Crippen LogP contribution in [0.15, 0.2) is 18.2 Å². The number of benzene rings is 1. The van der Waals surface area contributed by atoms with Crippen LogP contribution in [-0.4, -0.2) is 11.8 Å². The van der Waals surface area contributed by atoms with Crippen LogP contribution in [0.5, 0.6) is 0 Å². The van der Waals surface area contributed by atoms with Crippen LogP contribution in [0.25, 0.3) is 0 Å². The van der Waals surface area contributed by atoms with Gasteiger partial charge in [-0.25, -0.2) is 0 Å². The Labute approximate surface area is 131 Å². The lowest BCUT2D eigenvalue weighted by molar-refractivity contribution is -0.120. The van der Waals surface area contributed by atoms with Gasteiger partial charge < -0.3 is 10.6 Å². The molecular formula is C18H24N2O2. The molecule has 3 rings (SSSR count). The molecule has 0 heterocycles. The van der Waals surface area contributed by atoms with Gasteiger partial charge in [-0.3, -0.25) is 9.59 Å². The fraction of sp³-hybridized carbons (Fsp3) is 0.556. The summed E-state index contributed by atoms with van der Waals surface area (Å²) in [7, 11) is 0. The maximum atomic E-state index is 12.4. The first-order valence-electron chi connectivity index (χ1n) is 8.36. The van der Waals surface area contributed by atoms with E-state index in [0.29, 0.717) is 0 Å². The van der Waals surface area contributed by atoms with E-state index in [0.717, 1.165) is 55.5 Å². The van der Waals surface area contributed by atoms with Crippen molar-refractivity contribution >= 4 is 23.2 Å². The normalized spacial score (nSPS) is 18.8. The zero-order chi connectivity index (χ0) is 15.5. The molecule has 2 saturated carbocycles. The predicted molar refractivity (Wildman–Crippen MR) is 87.7 cm³/mol. The highest BCUT2D eigenvalue weighted by molar-refractivity contribution is 5.98. The molecule has 2 N–H and O–H groups in total. The lowest BCUT2D eigenvalue weighted by Gasteiger charge is -2.21. The Balaban J connectivity index is 1.67. The summed E-state index contributed by atoms with van der Waals surface area (Å²) in [5.74, 6) is 0.532. The minimum Gasteiger partial charge on any atom is -0.326 e. The third-order valence-corrected chi connectivity index (χ3v) is 4.77. The molecule has 0 unspecified atom stereocenters. The second kappa shape index (κ2) is 6.51. The third kappa shape index (κ3) is 3.49. The Morgan fingerprint density at radius 1 is 0.864 bits per heavy atom. The van der Waals surface area contributed by atoms with E-state index in [4.69, 9.17) is 0 Å². The van der Waals surface area contributed by atoms with Gasteiger partial charge in [-0.2, -0.15) is 0 Å². The van der Waals surface area contributed by atoms with Gasteiger partial charge in [-0.15, -0.1) is 0 Å². The topological polar surface area (TPSA) is 58.2 Å². The molecule has 4 heteroatoms. The quantitative estimate of drug-likeness (QED) is 0.887. The van der Waals surface area contributed by atoms with Gasteiger partial charge in [0.2, 0.25) is 11.8 Å². The van der Waals surface area contributed by atoms with E-state index < -0.39 is 0 Å². The molecule has 2 amide bonds. The second-order valence-corrected chi connectivity index (χ2v) is 6.57. The van der Waals surface area contributed by atoms with Crippen molar-refractivity contribution in [3.05, 3.63) is 23.8 Å². The standard InChI is InChI=1S/C18H24N2O2/c1-12-15(19-17(21)13-6-3-2-4-7-13)8-5-9-16(12)20-18(22)14-10-11-14/h5,8-9,13-14H,2-4,6-7,10-11H2,1H3,(H,19,21)(H,20,22). The van der Waals surface area contributed by atoms with Gasteiger partial charge in [0.05, 0.1) is 0 Å². The van der Waals surface area contributed by atoms with Crippen molar-refractivity contribution < 1.29 is 9.59 Å². The molecular weight excluding hydrogens is 276 g/mol. The highest BCUT2D eigenvalue weighted by atomic mass is 16.2. The molecule has 4 nitrogen and oxygen atoms in total. The minimum atomic E-state index is 0.0962. The number of hydrogen-bond donors (Lipinski definition) is 2. The Hall–Kier alpha value is -1.84. The predicted octanol–water partition coefficient (Wildman–Crippen LogP) is 3.86. The van der Waals surface area contributed by atoms with E-state index in [1.165, 1.54) is 6.42 Å². The summed E-state index contributed by atoms with van der Waals surface area (Å²) >= 11 is 0. The van der Waals surface area contributed by atoms with Crippen LogP contribution in [0.2, 0.25) is 0 Å². The van der Waals surface area contributed by atoms with Crippen LogP contribution in [0, 0.1) is 18.8 Å². The van der Waals surface area contributed by atoms with Crippen molar-refractivity contribution in [3.63, 3.8) is 0 Å². The van der Waals surface area contributed by atoms with Crippen LogP contribution in [0.3, 0.4) is 0 Å². The Kier molecular flexibility index (Phi) is 4.46. The molecule has 2 aliphatic carbocycles. The van der Waals surface area contributed by atoms with Crippen LogP contribution in [-0.2, 0) is 9.59 Å². The summed E-state index contributed by atoms with van der Waals surface area (Å²) in [5, 5.41) is 6.02. The second-order valence-electron chi connectivity index (χ2n) is 6.57. The van der Waals surface area contributed by atoms with Gasteiger partial charge in [0.25, 0.3) is 0 Å². The van der Waals surface area contributed by atoms with Crippen LogP contribution >= 0.6 is 0 Å². The maximum absolute atomic E-state index is 12.4. The van der Waals surface area contributed by atoms with Gasteiger partial charge in [0, 0.05) is 23.2 Å². The number of rotatable bonds is 4. The smallest absolute Gasteiger partial charge is 0.227 e. The number of hydrogen-bond acceptors (Lipinski definition) is 2. The summed E-state index contributed by atoms with van der Waals surface area (Å²) in [6.07, 6.45) is 7.49. The van der Waals surface area contributed by atoms with E-state index in [9.17, 15) is 9.59 Å². The maximum Gasteiger partial charge on any atom is 0.227 e. The van der Waals surface area contributed by atoms with Crippen molar-refractivity contribution in [1.82, 2.24) is 0 Å². The van der Waals surface area contributed by atoms with E-state index in [2.05, 4.69) is 10.6 Å². The average molecular weight is 300 g/mol. The molecule has 0 atom stereocenters. The molecule has 1 aromatic rings. The molecule has 2 fully saturated rings. The number of nitrogens with one attached hydrogen (secondary N) is 2. The van der Waals surface area contributed by atoms with Crippen molar-refractivity contribution in [2.24, 2.45) is 11.8 Å². The van der Waals surface area contributed by atoms with Gasteiger partial charge in [0.1, 0.15) is 0 Å². The molecule has 0 bridgehead atoms. The highest BCUT2D eigenvalue weighted by Gasteiger charge is 2.30. The molecule has 1 aromatic carbocycles. The van der Waals surface area contributed by atoms with Gasteiger partial charge in [-0.05, 0) is 50.3 Å². The summed E-state index contributed by atoms with van der Waals surface area (Å²) in [5.41, 5.74) is 2.54. The molecule has 0 spiro atoms. The Bertz CT molecular complexity index is 572. The Morgan fingerprint density at radius 3 is 1.86 bits per heavy atom. The fourth-order valence-electron chi connectivity index (χ4n) is 3.09. The first-order valence-corrected chi connectivity index (χ1v) is 8.36. The van der Waals surface area contributed by atoms with Crippen molar-refractivity contribution in [2.45, 2.75) is 51.9 Å². The van der Waals surface area contributed by atoms with Crippen LogP contribution in [0.4, 0.5) is 11.4 Å². The molecule has 0 saturated heterocycles. The molecule has 0 aromatic heterocycles. The summed E-state index contributed by atoms with van der Waals surface area (Å²) in [4.78, 5) is 24.3. The average Bonchev–Trinajstić information content (AvgIpc) is 3.37. The largest absolute Gasteiger partial charge is 0.326 e. The SMILES string of the molecule is Cc1c(NC(=O)C2CCCCC2)cccc1NC(=O)C1CC1. The molecule has 0 aliphatic heterocycles. The number of carbonyl (C=O) groups excluding carboxylic acids is 2. The number of anilines is 2. The molecule has 2 aliphatic rings. The lowest BCUT2D eigenvalue weighted by atomic mass is 9.88. The van der Waals surface area contributed by atoms with E-state index in [1.54, 1.807) is 0 Å². The summed E-state index contributed by atoms with van der Waals surface area (Å²) in [6, 6.07) is 5.68. The lowest BCUT2D eigenvalue weighted by Crippen LogP contribution is -2.25. The van der Waals surface area contributed by atoms with Crippen molar-refractivity contribution in [3.8, 4) is 0 Å². The van der Waals surface area contributed by atoms with E-state index in [-0.39, 0.29) is 23.7 Å².